The van der Waals surface area contributed by atoms with E-state index in [1.165, 1.54) is 0 Å². The van der Waals surface area contributed by atoms with Crippen molar-refractivity contribution in [2.24, 2.45) is 5.41 Å². The molecular formula is C17H23N3O3. The Morgan fingerprint density at radius 2 is 2.04 bits per heavy atom. The van der Waals surface area contributed by atoms with E-state index in [9.17, 15) is 9.59 Å². The highest BCUT2D eigenvalue weighted by Crippen LogP contribution is 2.40. The fourth-order valence-electron chi connectivity index (χ4n) is 3.56. The highest BCUT2D eigenvalue weighted by Gasteiger charge is 2.51. The number of aromatic nitrogens is 1. The molecule has 2 saturated heterocycles. The number of likely N-dealkylation sites (tertiary alicyclic amines) is 2. The van der Waals surface area contributed by atoms with E-state index < -0.39 is 0 Å². The molecule has 0 aromatic carbocycles. The Balaban J connectivity index is 1.60. The van der Waals surface area contributed by atoms with Gasteiger partial charge in [0.05, 0.1) is 18.4 Å². The predicted octanol–water partition coefficient (Wildman–Crippen LogP) is 0.721. The molecule has 0 aliphatic carbocycles. The summed E-state index contributed by atoms with van der Waals surface area (Å²) >= 11 is 0. The third-order valence-corrected chi connectivity index (χ3v) is 4.98. The number of hydrogen-bond donors (Lipinski definition) is 0. The van der Waals surface area contributed by atoms with Gasteiger partial charge in [-0.3, -0.25) is 14.6 Å². The third-order valence-electron chi connectivity index (χ3n) is 4.98. The van der Waals surface area contributed by atoms with Crippen molar-refractivity contribution in [2.45, 2.75) is 19.3 Å². The fourth-order valence-corrected chi connectivity index (χ4v) is 3.56. The molecule has 2 aliphatic heterocycles. The number of carbonyl (C=O) groups is 2. The molecule has 6 nitrogen and oxygen atoms in total. The first-order valence-corrected chi connectivity index (χ1v) is 8.10. The van der Waals surface area contributed by atoms with Crippen LogP contribution in [0.4, 0.5) is 0 Å². The Labute approximate surface area is 136 Å². The van der Waals surface area contributed by atoms with Gasteiger partial charge in [-0.05, 0) is 30.5 Å². The first kappa shape index (κ1) is 15.9. The molecule has 2 amide bonds. The number of ether oxygens (including phenoxy) is 1. The smallest absolute Gasteiger partial charge is 0.230 e. The predicted molar refractivity (Wildman–Crippen MR) is 84.6 cm³/mol. The Kier molecular flexibility index (Phi) is 4.61. The van der Waals surface area contributed by atoms with E-state index in [1.54, 1.807) is 19.5 Å². The summed E-state index contributed by atoms with van der Waals surface area (Å²) in [6.45, 7) is 3.20. The number of carbonyl (C=O) groups excluding carboxylic acids is 2. The van der Waals surface area contributed by atoms with Crippen molar-refractivity contribution < 1.29 is 14.3 Å². The van der Waals surface area contributed by atoms with Gasteiger partial charge in [0.25, 0.3) is 0 Å². The second kappa shape index (κ2) is 6.66. The lowest BCUT2D eigenvalue weighted by molar-refractivity contribution is -0.136. The van der Waals surface area contributed by atoms with E-state index in [0.717, 1.165) is 24.9 Å². The summed E-state index contributed by atoms with van der Waals surface area (Å²) in [6, 6.07) is 3.72. The number of pyridine rings is 1. The van der Waals surface area contributed by atoms with Crippen LogP contribution in [0.1, 0.15) is 18.4 Å². The zero-order valence-corrected chi connectivity index (χ0v) is 13.5. The van der Waals surface area contributed by atoms with Crippen molar-refractivity contribution in [3.8, 4) is 0 Å². The van der Waals surface area contributed by atoms with E-state index in [2.05, 4.69) is 4.98 Å². The highest BCUT2D eigenvalue weighted by molar-refractivity contribution is 5.87. The molecule has 124 valence electrons. The van der Waals surface area contributed by atoms with Gasteiger partial charge in [0.1, 0.15) is 0 Å². The van der Waals surface area contributed by atoms with Crippen molar-refractivity contribution in [2.75, 3.05) is 39.9 Å². The van der Waals surface area contributed by atoms with E-state index >= 15 is 0 Å². The van der Waals surface area contributed by atoms with Gasteiger partial charge in [-0.15, -0.1) is 0 Å². The first-order chi connectivity index (χ1) is 11.1. The molecule has 2 fully saturated rings. The number of methoxy groups -OCH3 is 1. The van der Waals surface area contributed by atoms with Crippen LogP contribution in [0.15, 0.2) is 24.5 Å². The average Bonchev–Trinajstić information content (AvgIpc) is 3.13. The van der Waals surface area contributed by atoms with E-state index in [4.69, 9.17) is 4.74 Å². The Hall–Kier alpha value is -1.95. The monoisotopic (exact) mass is 317 g/mol. The van der Waals surface area contributed by atoms with Crippen molar-refractivity contribution in [1.29, 1.82) is 0 Å². The summed E-state index contributed by atoms with van der Waals surface area (Å²) in [6.07, 6.45) is 5.39. The molecule has 6 heteroatoms. The van der Waals surface area contributed by atoms with Gasteiger partial charge in [-0.1, -0.05) is 0 Å². The molecule has 1 spiro atoms. The molecule has 1 atom stereocenters. The summed E-state index contributed by atoms with van der Waals surface area (Å²) in [4.78, 5) is 32.8. The maximum absolute atomic E-state index is 12.7. The molecule has 2 aliphatic rings. The lowest BCUT2D eigenvalue weighted by Gasteiger charge is -2.23. The van der Waals surface area contributed by atoms with Crippen LogP contribution in [-0.4, -0.2) is 66.5 Å². The molecule has 0 saturated carbocycles. The molecule has 3 rings (SSSR count). The Bertz CT molecular complexity index is 578. The molecule has 0 bridgehead atoms. The maximum atomic E-state index is 12.7. The van der Waals surface area contributed by atoms with Crippen LogP contribution in [0.2, 0.25) is 0 Å². The van der Waals surface area contributed by atoms with Crippen LogP contribution in [0.25, 0.3) is 0 Å². The van der Waals surface area contributed by atoms with Gasteiger partial charge >= 0.3 is 0 Å². The van der Waals surface area contributed by atoms with E-state index in [0.29, 0.717) is 32.7 Å². The summed E-state index contributed by atoms with van der Waals surface area (Å²) in [5, 5.41) is 0. The van der Waals surface area contributed by atoms with Crippen molar-refractivity contribution >= 4 is 11.8 Å². The van der Waals surface area contributed by atoms with Gasteiger partial charge in [-0.25, -0.2) is 0 Å². The second-order valence-electron chi connectivity index (χ2n) is 6.41. The number of hydrogen-bond acceptors (Lipinski definition) is 4. The minimum Gasteiger partial charge on any atom is -0.383 e. The maximum Gasteiger partial charge on any atom is 0.230 e. The molecule has 1 unspecified atom stereocenters. The molecule has 1 aromatic heterocycles. The third kappa shape index (κ3) is 3.22. The number of amides is 2. The quantitative estimate of drug-likeness (QED) is 0.803. The zero-order chi connectivity index (χ0) is 16.3. The van der Waals surface area contributed by atoms with Gasteiger partial charge in [0.15, 0.2) is 0 Å². The van der Waals surface area contributed by atoms with Gasteiger partial charge in [0.2, 0.25) is 11.8 Å². The summed E-state index contributed by atoms with van der Waals surface area (Å²) in [5.41, 5.74) is 0.604. The normalized spacial score (nSPS) is 24.0. The number of rotatable bonds is 5. The average molecular weight is 317 g/mol. The lowest BCUT2D eigenvalue weighted by Crippen LogP contribution is -2.39. The molecule has 3 heterocycles. The molecule has 23 heavy (non-hydrogen) atoms. The summed E-state index contributed by atoms with van der Waals surface area (Å²) in [5.74, 6) is 0.282. The van der Waals surface area contributed by atoms with Crippen LogP contribution in [0, 0.1) is 5.41 Å². The van der Waals surface area contributed by atoms with Crippen LogP contribution >= 0.6 is 0 Å². The largest absolute Gasteiger partial charge is 0.383 e. The summed E-state index contributed by atoms with van der Waals surface area (Å²) in [7, 11) is 1.64. The highest BCUT2D eigenvalue weighted by atomic mass is 16.5. The van der Waals surface area contributed by atoms with Crippen molar-refractivity contribution in [3.63, 3.8) is 0 Å². The molecule has 0 radical (unpaired) electrons. The fraction of sp³-hybridized carbons (Fsp3) is 0.588. The Morgan fingerprint density at radius 3 is 2.78 bits per heavy atom. The molecule has 1 aromatic rings. The Morgan fingerprint density at radius 1 is 1.30 bits per heavy atom. The minimum atomic E-state index is -0.359. The van der Waals surface area contributed by atoms with Gasteiger partial charge in [-0.2, -0.15) is 0 Å². The number of nitrogens with zero attached hydrogens (tertiary/aromatic N) is 3. The van der Waals surface area contributed by atoms with Crippen molar-refractivity contribution in [1.82, 2.24) is 14.8 Å². The van der Waals surface area contributed by atoms with Gasteiger partial charge in [0, 0.05) is 45.7 Å². The van der Waals surface area contributed by atoms with Crippen LogP contribution in [0.3, 0.4) is 0 Å². The van der Waals surface area contributed by atoms with E-state index in [1.807, 2.05) is 21.9 Å². The van der Waals surface area contributed by atoms with E-state index in [-0.39, 0.29) is 17.2 Å². The van der Waals surface area contributed by atoms with Crippen LogP contribution in [0.5, 0.6) is 0 Å². The SMILES string of the molecule is COCCN1CCC2(CCN(C(=O)Cc3ccncc3)C2)C1=O. The van der Waals surface area contributed by atoms with Crippen molar-refractivity contribution in [3.05, 3.63) is 30.1 Å². The standard InChI is InChI=1S/C17H23N3O3/c1-23-11-10-19-8-4-17(16(19)22)5-9-20(13-17)15(21)12-14-2-6-18-7-3-14/h2-3,6-7H,4-5,8-13H2,1H3. The molecular weight excluding hydrogens is 294 g/mol. The first-order valence-electron chi connectivity index (χ1n) is 8.10. The lowest BCUT2D eigenvalue weighted by atomic mass is 9.85. The zero-order valence-electron chi connectivity index (χ0n) is 13.5. The van der Waals surface area contributed by atoms with Gasteiger partial charge < -0.3 is 14.5 Å². The molecule has 0 N–H and O–H groups in total. The second-order valence-corrected chi connectivity index (χ2v) is 6.41. The minimum absolute atomic E-state index is 0.0937. The van der Waals surface area contributed by atoms with Crippen LogP contribution < -0.4 is 0 Å². The topological polar surface area (TPSA) is 62.7 Å². The summed E-state index contributed by atoms with van der Waals surface area (Å²) < 4.78 is 5.07. The van der Waals surface area contributed by atoms with Crippen LogP contribution in [-0.2, 0) is 20.7 Å².